The van der Waals surface area contributed by atoms with Gasteiger partial charge >= 0.3 is 6.03 Å². The highest BCUT2D eigenvalue weighted by Gasteiger charge is 2.29. The Balaban J connectivity index is 2.66. The van der Waals surface area contributed by atoms with E-state index < -0.39 is 0 Å². The molecule has 82 valence electrons. The summed E-state index contributed by atoms with van der Waals surface area (Å²) in [5.41, 5.74) is 0. The number of rotatable bonds is 3. The second kappa shape index (κ2) is 4.67. The highest BCUT2D eigenvalue weighted by atomic mass is 16.2. The van der Waals surface area contributed by atoms with Crippen LogP contribution < -0.4 is 0 Å². The minimum absolute atomic E-state index is 0.223. The van der Waals surface area contributed by atoms with Gasteiger partial charge in [0.05, 0.1) is 0 Å². The van der Waals surface area contributed by atoms with Crippen LogP contribution in [-0.2, 0) is 0 Å². The van der Waals surface area contributed by atoms with Crippen molar-refractivity contribution in [2.75, 3.05) is 13.1 Å². The van der Waals surface area contributed by atoms with E-state index in [2.05, 4.69) is 27.7 Å². The molecule has 1 unspecified atom stereocenters. The predicted molar refractivity (Wildman–Crippen MR) is 58.3 cm³/mol. The first-order valence-corrected chi connectivity index (χ1v) is 5.65. The van der Waals surface area contributed by atoms with Crippen LogP contribution in [0.25, 0.3) is 0 Å². The zero-order valence-electron chi connectivity index (χ0n) is 9.79. The standard InChI is InChI=1S/C11H22N2O/c1-5-10(4)13-8-6-7-12(9(2)3)11(13)14/h9-10H,5-8H2,1-4H3. The van der Waals surface area contributed by atoms with Crippen molar-refractivity contribution in [2.45, 2.75) is 52.6 Å². The van der Waals surface area contributed by atoms with Crippen molar-refractivity contribution in [2.24, 2.45) is 0 Å². The van der Waals surface area contributed by atoms with Crippen molar-refractivity contribution >= 4 is 6.03 Å². The summed E-state index contributed by atoms with van der Waals surface area (Å²) in [6.45, 7) is 10.3. The van der Waals surface area contributed by atoms with E-state index in [1.54, 1.807) is 0 Å². The number of amides is 2. The largest absolute Gasteiger partial charge is 0.322 e. The number of carbonyl (C=O) groups is 1. The minimum Gasteiger partial charge on any atom is -0.322 e. The van der Waals surface area contributed by atoms with Gasteiger partial charge in [-0.1, -0.05) is 6.92 Å². The summed E-state index contributed by atoms with van der Waals surface area (Å²) in [6, 6.07) is 0.930. The lowest BCUT2D eigenvalue weighted by Gasteiger charge is -2.40. The molecule has 0 aromatic heterocycles. The van der Waals surface area contributed by atoms with Crippen LogP contribution in [0.15, 0.2) is 0 Å². The first kappa shape index (κ1) is 11.3. The van der Waals surface area contributed by atoms with Crippen LogP contribution in [0.2, 0.25) is 0 Å². The lowest BCUT2D eigenvalue weighted by atomic mass is 10.1. The molecule has 0 radical (unpaired) electrons. The van der Waals surface area contributed by atoms with E-state index in [1.165, 1.54) is 0 Å². The molecule has 1 fully saturated rings. The number of hydrogen-bond acceptors (Lipinski definition) is 1. The zero-order chi connectivity index (χ0) is 10.7. The first-order chi connectivity index (χ1) is 6.57. The van der Waals surface area contributed by atoms with Gasteiger partial charge < -0.3 is 9.80 Å². The Morgan fingerprint density at radius 1 is 1.21 bits per heavy atom. The Kier molecular flexibility index (Phi) is 3.78. The molecule has 3 heteroatoms. The van der Waals surface area contributed by atoms with Gasteiger partial charge in [0.15, 0.2) is 0 Å². The Morgan fingerprint density at radius 3 is 2.29 bits per heavy atom. The van der Waals surface area contributed by atoms with Gasteiger partial charge in [0, 0.05) is 25.2 Å². The maximum Gasteiger partial charge on any atom is 0.320 e. The quantitative estimate of drug-likeness (QED) is 0.682. The molecule has 0 N–H and O–H groups in total. The summed E-state index contributed by atoms with van der Waals surface area (Å²) in [5.74, 6) is 0. The summed E-state index contributed by atoms with van der Waals surface area (Å²) in [7, 11) is 0. The average molecular weight is 198 g/mol. The number of urea groups is 1. The molecular weight excluding hydrogens is 176 g/mol. The van der Waals surface area contributed by atoms with E-state index in [-0.39, 0.29) is 6.03 Å². The van der Waals surface area contributed by atoms with Gasteiger partial charge in [-0.3, -0.25) is 0 Å². The SMILES string of the molecule is CCC(C)N1CCCN(C(C)C)C1=O. The van der Waals surface area contributed by atoms with Crippen molar-refractivity contribution in [1.29, 1.82) is 0 Å². The van der Waals surface area contributed by atoms with Crippen molar-refractivity contribution < 1.29 is 4.79 Å². The van der Waals surface area contributed by atoms with Crippen LogP contribution in [0.1, 0.15) is 40.5 Å². The summed E-state index contributed by atoms with van der Waals surface area (Å²) in [5, 5.41) is 0. The molecule has 1 saturated heterocycles. The highest BCUT2D eigenvalue weighted by Crippen LogP contribution is 2.16. The highest BCUT2D eigenvalue weighted by molar-refractivity contribution is 5.75. The molecule has 3 nitrogen and oxygen atoms in total. The van der Waals surface area contributed by atoms with E-state index in [0.29, 0.717) is 12.1 Å². The molecule has 1 rings (SSSR count). The Morgan fingerprint density at radius 2 is 1.79 bits per heavy atom. The summed E-state index contributed by atoms with van der Waals surface area (Å²) in [6.07, 6.45) is 2.14. The van der Waals surface area contributed by atoms with E-state index >= 15 is 0 Å². The molecule has 0 bridgehead atoms. The molecule has 1 aliphatic rings. The number of nitrogens with zero attached hydrogens (tertiary/aromatic N) is 2. The van der Waals surface area contributed by atoms with Gasteiger partial charge in [0.2, 0.25) is 0 Å². The normalized spacial score (nSPS) is 20.5. The summed E-state index contributed by atoms with van der Waals surface area (Å²) < 4.78 is 0. The minimum atomic E-state index is 0.223. The molecule has 0 aromatic carbocycles. The Hall–Kier alpha value is -0.730. The second-order valence-electron chi connectivity index (χ2n) is 4.37. The van der Waals surface area contributed by atoms with Crippen molar-refractivity contribution in [1.82, 2.24) is 9.80 Å². The van der Waals surface area contributed by atoms with Gasteiger partial charge in [-0.2, -0.15) is 0 Å². The fraction of sp³-hybridized carbons (Fsp3) is 0.909. The predicted octanol–water partition coefficient (Wildman–Crippen LogP) is 2.32. The fourth-order valence-electron chi connectivity index (χ4n) is 1.88. The van der Waals surface area contributed by atoms with Crippen molar-refractivity contribution in [3.8, 4) is 0 Å². The third-order valence-corrected chi connectivity index (χ3v) is 3.04. The first-order valence-electron chi connectivity index (χ1n) is 5.65. The lowest BCUT2D eigenvalue weighted by molar-refractivity contribution is 0.0982. The van der Waals surface area contributed by atoms with E-state index in [1.807, 2.05) is 9.80 Å². The molecule has 1 heterocycles. The lowest BCUT2D eigenvalue weighted by Crippen LogP contribution is -2.54. The van der Waals surface area contributed by atoms with Crippen LogP contribution in [0.5, 0.6) is 0 Å². The van der Waals surface area contributed by atoms with E-state index in [9.17, 15) is 4.79 Å². The molecule has 0 aliphatic carbocycles. The van der Waals surface area contributed by atoms with Crippen LogP contribution in [0, 0.1) is 0 Å². The monoisotopic (exact) mass is 198 g/mol. The maximum absolute atomic E-state index is 12.0. The summed E-state index contributed by atoms with van der Waals surface area (Å²) >= 11 is 0. The number of hydrogen-bond donors (Lipinski definition) is 0. The van der Waals surface area contributed by atoms with E-state index in [4.69, 9.17) is 0 Å². The van der Waals surface area contributed by atoms with Crippen LogP contribution in [0.3, 0.4) is 0 Å². The maximum atomic E-state index is 12.0. The smallest absolute Gasteiger partial charge is 0.320 e. The third kappa shape index (κ3) is 2.20. The molecule has 2 amide bonds. The molecule has 1 aliphatic heterocycles. The molecule has 14 heavy (non-hydrogen) atoms. The van der Waals surface area contributed by atoms with Crippen LogP contribution in [-0.4, -0.2) is 41.0 Å². The van der Waals surface area contributed by atoms with Gasteiger partial charge in [0.1, 0.15) is 0 Å². The third-order valence-electron chi connectivity index (χ3n) is 3.04. The Labute approximate surface area is 87.1 Å². The van der Waals surface area contributed by atoms with Crippen LogP contribution >= 0.6 is 0 Å². The van der Waals surface area contributed by atoms with Gasteiger partial charge in [-0.25, -0.2) is 4.79 Å². The topological polar surface area (TPSA) is 23.6 Å². The number of carbonyl (C=O) groups excluding carboxylic acids is 1. The van der Waals surface area contributed by atoms with Gasteiger partial charge in [-0.05, 0) is 33.6 Å². The van der Waals surface area contributed by atoms with Crippen molar-refractivity contribution in [3.05, 3.63) is 0 Å². The molecule has 1 atom stereocenters. The van der Waals surface area contributed by atoms with Gasteiger partial charge in [0.25, 0.3) is 0 Å². The molecule has 0 saturated carbocycles. The molecule has 0 aromatic rings. The second-order valence-corrected chi connectivity index (χ2v) is 4.37. The summed E-state index contributed by atoms with van der Waals surface area (Å²) in [4.78, 5) is 16.0. The van der Waals surface area contributed by atoms with E-state index in [0.717, 1.165) is 25.9 Å². The Bertz CT molecular complexity index is 203. The molecular formula is C11H22N2O. The van der Waals surface area contributed by atoms with Gasteiger partial charge in [-0.15, -0.1) is 0 Å². The fourth-order valence-corrected chi connectivity index (χ4v) is 1.88. The zero-order valence-corrected chi connectivity index (χ0v) is 9.79. The van der Waals surface area contributed by atoms with Crippen LogP contribution in [0.4, 0.5) is 4.79 Å². The molecule has 0 spiro atoms. The van der Waals surface area contributed by atoms with Crippen molar-refractivity contribution in [3.63, 3.8) is 0 Å². The average Bonchev–Trinajstić information content (AvgIpc) is 2.16.